The summed E-state index contributed by atoms with van der Waals surface area (Å²) < 4.78 is 5.29. The third-order valence-electron chi connectivity index (χ3n) is 5.69. The number of likely N-dealkylation sites (tertiary alicyclic amines) is 1. The minimum Gasteiger partial charge on any atom is -0.496 e. The molecule has 0 N–H and O–H groups in total. The molecule has 7 heteroatoms. The lowest BCUT2D eigenvalue weighted by Gasteiger charge is -2.33. The first-order chi connectivity index (χ1) is 14.5. The van der Waals surface area contributed by atoms with Crippen molar-refractivity contribution in [1.29, 1.82) is 0 Å². The summed E-state index contributed by atoms with van der Waals surface area (Å²) >= 11 is 0. The number of ether oxygens (including phenoxy) is 1. The van der Waals surface area contributed by atoms with Crippen LogP contribution in [0.3, 0.4) is 0 Å². The molecular formula is C23H22N2O5. The standard InChI is InChI=1S/C23H22N2O5/c1-30-19-11-5-4-10-18(19)21(27)15-7-6-12-24(13-15)20(26)14-25-22(28)16-8-2-3-9-17(16)23(25)29/h2-5,8-11,15H,6-7,12-14H2,1H3. The van der Waals surface area contributed by atoms with E-state index in [0.717, 1.165) is 4.90 Å². The summed E-state index contributed by atoms with van der Waals surface area (Å²) in [5.41, 5.74) is 1.14. The van der Waals surface area contributed by atoms with E-state index in [2.05, 4.69) is 0 Å². The topological polar surface area (TPSA) is 84.0 Å². The molecule has 0 aliphatic carbocycles. The lowest BCUT2D eigenvalue weighted by atomic mass is 9.89. The molecule has 0 bridgehead atoms. The summed E-state index contributed by atoms with van der Waals surface area (Å²) in [6.07, 6.45) is 1.35. The fourth-order valence-corrected chi connectivity index (χ4v) is 4.10. The number of para-hydroxylation sites is 1. The molecule has 1 saturated heterocycles. The van der Waals surface area contributed by atoms with Gasteiger partial charge in [-0.1, -0.05) is 24.3 Å². The largest absolute Gasteiger partial charge is 0.496 e. The van der Waals surface area contributed by atoms with Crippen LogP contribution in [0.5, 0.6) is 5.75 Å². The van der Waals surface area contributed by atoms with Crippen molar-refractivity contribution in [2.45, 2.75) is 12.8 Å². The molecule has 154 valence electrons. The van der Waals surface area contributed by atoms with E-state index in [1.165, 1.54) is 7.11 Å². The highest BCUT2D eigenvalue weighted by molar-refractivity contribution is 6.22. The van der Waals surface area contributed by atoms with Gasteiger partial charge in [0.05, 0.1) is 23.8 Å². The highest BCUT2D eigenvalue weighted by atomic mass is 16.5. The molecule has 2 aliphatic rings. The third-order valence-corrected chi connectivity index (χ3v) is 5.69. The second kappa shape index (κ2) is 8.10. The van der Waals surface area contributed by atoms with Crippen LogP contribution in [0, 0.1) is 5.92 Å². The molecule has 1 atom stereocenters. The Bertz CT molecular complexity index is 997. The molecule has 0 radical (unpaired) electrons. The van der Waals surface area contributed by atoms with Gasteiger partial charge in [0.25, 0.3) is 11.8 Å². The quantitative estimate of drug-likeness (QED) is 0.562. The van der Waals surface area contributed by atoms with Crippen molar-refractivity contribution >= 4 is 23.5 Å². The Balaban J connectivity index is 1.45. The van der Waals surface area contributed by atoms with Crippen LogP contribution in [-0.4, -0.2) is 60.0 Å². The Kier molecular flexibility index (Phi) is 5.35. The maximum Gasteiger partial charge on any atom is 0.262 e. The number of methoxy groups -OCH3 is 1. The Hall–Kier alpha value is -3.48. The summed E-state index contributed by atoms with van der Waals surface area (Å²) in [4.78, 5) is 53.5. The van der Waals surface area contributed by atoms with Crippen LogP contribution in [0.4, 0.5) is 0 Å². The van der Waals surface area contributed by atoms with Crippen molar-refractivity contribution in [2.24, 2.45) is 5.92 Å². The highest BCUT2D eigenvalue weighted by Crippen LogP contribution is 2.27. The summed E-state index contributed by atoms with van der Waals surface area (Å²) in [5, 5.41) is 0. The molecule has 0 saturated carbocycles. The minimum atomic E-state index is -0.456. The molecule has 1 unspecified atom stereocenters. The lowest BCUT2D eigenvalue weighted by Crippen LogP contribution is -2.47. The Morgan fingerprint density at radius 1 is 1.00 bits per heavy atom. The molecular weight excluding hydrogens is 384 g/mol. The first-order valence-electron chi connectivity index (χ1n) is 9.91. The van der Waals surface area contributed by atoms with Crippen LogP contribution in [0.2, 0.25) is 0 Å². The van der Waals surface area contributed by atoms with E-state index in [9.17, 15) is 19.2 Å². The van der Waals surface area contributed by atoms with Gasteiger partial charge in [-0.15, -0.1) is 0 Å². The third kappa shape index (κ3) is 3.47. The number of carbonyl (C=O) groups excluding carboxylic acids is 4. The van der Waals surface area contributed by atoms with Crippen LogP contribution < -0.4 is 4.74 Å². The van der Waals surface area contributed by atoms with E-state index in [-0.39, 0.29) is 30.7 Å². The van der Waals surface area contributed by atoms with Crippen LogP contribution >= 0.6 is 0 Å². The van der Waals surface area contributed by atoms with Crippen LogP contribution in [-0.2, 0) is 4.79 Å². The molecule has 0 spiro atoms. The monoisotopic (exact) mass is 406 g/mol. The molecule has 7 nitrogen and oxygen atoms in total. The molecule has 2 heterocycles. The number of piperidine rings is 1. The Morgan fingerprint density at radius 2 is 1.63 bits per heavy atom. The van der Waals surface area contributed by atoms with E-state index < -0.39 is 11.8 Å². The van der Waals surface area contributed by atoms with Crippen molar-refractivity contribution < 1.29 is 23.9 Å². The van der Waals surface area contributed by atoms with E-state index in [4.69, 9.17) is 4.74 Å². The SMILES string of the molecule is COc1ccccc1C(=O)C1CCCN(C(=O)CN2C(=O)c3ccccc3C2=O)C1. The number of Topliss-reactive ketones (excluding diaryl/α,β-unsaturated/α-hetero) is 1. The molecule has 0 aromatic heterocycles. The zero-order valence-corrected chi connectivity index (χ0v) is 16.7. The van der Waals surface area contributed by atoms with E-state index in [0.29, 0.717) is 41.8 Å². The van der Waals surface area contributed by atoms with Crippen molar-refractivity contribution in [1.82, 2.24) is 9.80 Å². The van der Waals surface area contributed by atoms with E-state index >= 15 is 0 Å². The fourth-order valence-electron chi connectivity index (χ4n) is 4.10. The second-order valence-corrected chi connectivity index (χ2v) is 7.49. The number of fused-ring (bicyclic) bond motifs is 1. The first kappa shape index (κ1) is 19.8. The predicted octanol–water partition coefficient (Wildman–Crippen LogP) is 2.41. The van der Waals surface area contributed by atoms with Crippen molar-refractivity contribution in [2.75, 3.05) is 26.7 Å². The summed E-state index contributed by atoms with van der Waals surface area (Å²) in [6.45, 7) is 0.443. The van der Waals surface area contributed by atoms with Crippen LogP contribution in [0.25, 0.3) is 0 Å². The van der Waals surface area contributed by atoms with Gasteiger partial charge in [-0.2, -0.15) is 0 Å². The summed E-state index contributed by atoms with van der Waals surface area (Å²) in [7, 11) is 1.52. The number of ketones is 1. The molecule has 2 aliphatic heterocycles. The molecule has 30 heavy (non-hydrogen) atoms. The zero-order valence-electron chi connectivity index (χ0n) is 16.7. The van der Waals surface area contributed by atoms with Crippen LogP contribution in [0.1, 0.15) is 43.9 Å². The van der Waals surface area contributed by atoms with Gasteiger partial charge in [-0.3, -0.25) is 24.1 Å². The normalized spacial score (nSPS) is 18.4. The number of hydrogen-bond acceptors (Lipinski definition) is 5. The average Bonchev–Trinajstić information content (AvgIpc) is 3.03. The van der Waals surface area contributed by atoms with Gasteiger partial charge in [0.2, 0.25) is 5.91 Å². The summed E-state index contributed by atoms with van der Waals surface area (Å²) in [6, 6.07) is 13.6. The number of hydrogen-bond donors (Lipinski definition) is 0. The van der Waals surface area contributed by atoms with Gasteiger partial charge >= 0.3 is 0 Å². The number of amides is 3. The van der Waals surface area contributed by atoms with Gasteiger partial charge in [0, 0.05) is 19.0 Å². The maximum absolute atomic E-state index is 13.0. The summed E-state index contributed by atoms with van der Waals surface area (Å²) in [5.74, 6) is -1.14. The fraction of sp³-hybridized carbons (Fsp3) is 0.304. The molecule has 1 fully saturated rings. The lowest BCUT2D eigenvalue weighted by molar-refractivity contribution is -0.132. The van der Waals surface area contributed by atoms with Crippen LogP contribution in [0.15, 0.2) is 48.5 Å². The Morgan fingerprint density at radius 3 is 2.30 bits per heavy atom. The molecule has 2 aromatic rings. The first-order valence-corrected chi connectivity index (χ1v) is 9.91. The Labute approximate surface area is 174 Å². The maximum atomic E-state index is 13.0. The predicted molar refractivity (Wildman–Crippen MR) is 108 cm³/mol. The smallest absolute Gasteiger partial charge is 0.262 e. The van der Waals surface area contributed by atoms with Gasteiger partial charge in [0.1, 0.15) is 12.3 Å². The van der Waals surface area contributed by atoms with Gasteiger partial charge < -0.3 is 9.64 Å². The molecule has 4 rings (SSSR count). The van der Waals surface area contributed by atoms with Gasteiger partial charge in [0.15, 0.2) is 5.78 Å². The molecule has 3 amide bonds. The number of imide groups is 1. The second-order valence-electron chi connectivity index (χ2n) is 7.49. The minimum absolute atomic E-state index is 0.0642. The van der Waals surface area contributed by atoms with Crippen molar-refractivity contribution in [3.8, 4) is 5.75 Å². The van der Waals surface area contributed by atoms with E-state index in [1.54, 1.807) is 53.4 Å². The van der Waals surface area contributed by atoms with Gasteiger partial charge in [-0.05, 0) is 37.1 Å². The van der Waals surface area contributed by atoms with Crippen molar-refractivity contribution in [3.63, 3.8) is 0 Å². The average molecular weight is 406 g/mol. The zero-order chi connectivity index (χ0) is 21.3. The van der Waals surface area contributed by atoms with Crippen molar-refractivity contribution in [3.05, 3.63) is 65.2 Å². The highest BCUT2D eigenvalue weighted by Gasteiger charge is 2.38. The van der Waals surface area contributed by atoms with Gasteiger partial charge in [-0.25, -0.2) is 0 Å². The number of benzene rings is 2. The molecule has 2 aromatic carbocycles. The van der Waals surface area contributed by atoms with E-state index in [1.807, 2.05) is 0 Å². The number of carbonyl (C=O) groups is 4. The number of rotatable bonds is 5. The number of nitrogens with zero attached hydrogens (tertiary/aromatic N) is 2.